The summed E-state index contributed by atoms with van der Waals surface area (Å²) in [4.78, 5) is 0. The maximum atomic E-state index is 2.45. The van der Waals surface area contributed by atoms with Crippen molar-refractivity contribution in [2.75, 3.05) is 0 Å². The highest BCUT2D eigenvalue weighted by Gasteiger charge is 2.28. The van der Waals surface area contributed by atoms with Gasteiger partial charge in [0.1, 0.15) is 0 Å². The van der Waals surface area contributed by atoms with Crippen LogP contribution in [-0.2, 0) is 0 Å². The molecule has 3 aliphatic rings. The van der Waals surface area contributed by atoms with Crippen molar-refractivity contribution in [2.45, 2.75) is 212 Å². The van der Waals surface area contributed by atoms with Crippen LogP contribution in [0.4, 0.5) is 0 Å². The van der Waals surface area contributed by atoms with Crippen LogP contribution in [0.15, 0.2) is 0 Å². The Labute approximate surface area is 247 Å². The summed E-state index contributed by atoms with van der Waals surface area (Å²) < 4.78 is 0. The summed E-state index contributed by atoms with van der Waals surface area (Å²) in [5, 5.41) is 0. The molecule has 0 aromatic rings. The topological polar surface area (TPSA) is 0 Å². The zero-order valence-electron chi connectivity index (χ0n) is 21.4. The number of hydrogen-bond donors (Lipinski definition) is 0. The highest BCUT2D eigenvalue weighted by Crippen LogP contribution is 2.41. The van der Waals surface area contributed by atoms with Gasteiger partial charge >= 0.3 is 0 Å². The molecule has 0 aliphatic heterocycles. The number of rotatable bonds is 4. The van der Waals surface area contributed by atoms with Gasteiger partial charge in [-0.05, 0) is 48.3 Å². The molecule has 0 heteroatoms. The lowest BCUT2D eigenvalue weighted by Crippen LogP contribution is -2.22. The first kappa shape index (κ1) is 65.8. The minimum atomic E-state index is 0. The van der Waals surface area contributed by atoms with Crippen LogP contribution in [-0.4, -0.2) is 0 Å². The molecule has 0 N–H and O–H groups in total. The van der Waals surface area contributed by atoms with Crippen molar-refractivity contribution in [3.8, 4) is 0 Å². The predicted molar refractivity (Wildman–Crippen MR) is 192 cm³/mol. The van der Waals surface area contributed by atoms with Crippen molar-refractivity contribution in [1.29, 1.82) is 0 Å². The highest BCUT2D eigenvalue weighted by molar-refractivity contribution is 4.80. The average Bonchev–Trinajstić information content (AvgIpc) is 2.77. The Kier molecular flexibility index (Phi) is 76.6. The van der Waals surface area contributed by atoms with Gasteiger partial charge in [0.05, 0.1) is 0 Å². The standard InChI is InChI=1S/C22H40.3C2H6.9CH4/c1-17-3-7-19(8-4-17)15-21-11-13-22(14-12-21)16-20-9-5-18(2)6-10-20;3*1-2;;;;;;;;;/h17-22H,3-16H2,1-2H3;3*1-2H3;9*1H4. The van der Waals surface area contributed by atoms with E-state index in [1.165, 1.54) is 25.7 Å². The highest BCUT2D eigenvalue weighted by atomic mass is 14.3. The molecule has 0 nitrogen and oxygen atoms in total. The monoisotopic (exact) mass is 539 g/mol. The van der Waals surface area contributed by atoms with Crippen LogP contribution in [0, 0.1) is 35.5 Å². The molecule has 3 saturated carbocycles. The fraction of sp³-hybridized carbons (Fsp3) is 1.00. The van der Waals surface area contributed by atoms with E-state index in [1.54, 1.807) is 64.2 Å². The second-order valence-electron chi connectivity index (χ2n) is 9.61. The first-order valence-corrected chi connectivity index (χ1v) is 13.7. The van der Waals surface area contributed by atoms with Crippen LogP contribution in [0.25, 0.3) is 0 Å². The Balaban J connectivity index is -0.0000000569. The molecule has 0 atom stereocenters. The van der Waals surface area contributed by atoms with Crippen molar-refractivity contribution in [3.05, 3.63) is 0 Å². The third kappa shape index (κ3) is 28.8. The maximum Gasteiger partial charge on any atom is -0.0411 e. The van der Waals surface area contributed by atoms with Crippen LogP contribution in [0.1, 0.15) is 212 Å². The Hall–Kier alpha value is 0. The quantitative estimate of drug-likeness (QED) is 0.334. The van der Waals surface area contributed by atoms with E-state index >= 15 is 0 Å². The van der Waals surface area contributed by atoms with E-state index in [4.69, 9.17) is 0 Å². The van der Waals surface area contributed by atoms with Gasteiger partial charge < -0.3 is 0 Å². The molecule has 0 aromatic heterocycles. The van der Waals surface area contributed by atoms with Gasteiger partial charge in [-0.3, -0.25) is 0 Å². The Morgan fingerprint density at radius 1 is 0.297 bits per heavy atom. The molecule has 3 aliphatic carbocycles. The average molecular weight is 539 g/mol. The molecule has 3 fully saturated rings. The fourth-order valence-corrected chi connectivity index (χ4v) is 5.78. The molecule has 0 aromatic carbocycles. The van der Waals surface area contributed by atoms with Gasteiger partial charge in [0.15, 0.2) is 0 Å². The van der Waals surface area contributed by atoms with Gasteiger partial charge in [0.2, 0.25) is 0 Å². The zero-order chi connectivity index (χ0) is 21.4. The molecule has 0 heterocycles. The van der Waals surface area contributed by atoms with E-state index in [0.717, 1.165) is 35.5 Å². The summed E-state index contributed by atoms with van der Waals surface area (Å²) >= 11 is 0. The van der Waals surface area contributed by atoms with Gasteiger partial charge in [-0.25, -0.2) is 0 Å². The normalized spacial score (nSPS) is 26.6. The minimum absolute atomic E-state index is 0. The van der Waals surface area contributed by atoms with E-state index in [2.05, 4.69) is 13.8 Å². The molecular formula is C37H94. The van der Waals surface area contributed by atoms with Crippen LogP contribution < -0.4 is 0 Å². The van der Waals surface area contributed by atoms with Crippen molar-refractivity contribution in [2.24, 2.45) is 35.5 Å². The molecule has 3 rings (SSSR count). The molecule has 0 unspecified atom stereocenters. The first-order chi connectivity index (χ1) is 13.7. The third-order valence-corrected chi connectivity index (χ3v) is 7.57. The van der Waals surface area contributed by atoms with Gasteiger partial charge in [-0.2, -0.15) is 0 Å². The summed E-state index contributed by atoms with van der Waals surface area (Å²) in [5.74, 6) is 6.42. The van der Waals surface area contributed by atoms with Gasteiger partial charge in [0.25, 0.3) is 0 Å². The van der Waals surface area contributed by atoms with Crippen LogP contribution in [0.3, 0.4) is 0 Å². The SMILES string of the molecule is C.C.C.C.C.C.C.C.C.CC.CC.CC.CC1CCC(CC2CCC(CC3CCC(C)CC3)CC2)CC1. The van der Waals surface area contributed by atoms with Gasteiger partial charge in [-0.1, -0.05) is 199 Å². The summed E-state index contributed by atoms with van der Waals surface area (Å²) in [6, 6.07) is 0. The molecule has 0 radical (unpaired) electrons. The minimum Gasteiger partial charge on any atom is -0.0776 e. The van der Waals surface area contributed by atoms with E-state index < -0.39 is 0 Å². The molecule has 37 heavy (non-hydrogen) atoms. The van der Waals surface area contributed by atoms with Gasteiger partial charge in [-0.15, -0.1) is 0 Å². The summed E-state index contributed by atoms with van der Waals surface area (Å²) in [6.45, 7) is 16.9. The third-order valence-electron chi connectivity index (χ3n) is 7.57. The molecule has 0 spiro atoms. The van der Waals surface area contributed by atoms with Crippen LogP contribution >= 0.6 is 0 Å². The van der Waals surface area contributed by atoms with E-state index in [9.17, 15) is 0 Å². The summed E-state index contributed by atoms with van der Waals surface area (Å²) in [6.07, 6.45) is 21.7. The van der Waals surface area contributed by atoms with Crippen LogP contribution in [0.5, 0.6) is 0 Å². The summed E-state index contributed by atoms with van der Waals surface area (Å²) in [5.41, 5.74) is 0. The fourth-order valence-electron chi connectivity index (χ4n) is 5.78. The van der Waals surface area contributed by atoms with Crippen LogP contribution in [0.2, 0.25) is 0 Å². The maximum absolute atomic E-state index is 2.45. The Morgan fingerprint density at radius 3 is 0.595 bits per heavy atom. The molecule has 0 amide bonds. The van der Waals surface area contributed by atoms with E-state index in [1.807, 2.05) is 41.5 Å². The molecule has 0 bridgehead atoms. The molecule has 0 saturated heterocycles. The predicted octanol–water partition coefficient (Wildman–Crippen LogP) is 16.0. The second kappa shape index (κ2) is 43.1. The van der Waals surface area contributed by atoms with E-state index in [-0.39, 0.29) is 66.8 Å². The zero-order valence-corrected chi connectivity index (χ0v) is 21.4. The lowest BCUT2D eigenvalue weighted by Gasteiger charge is -2.35. The van der Waals surface area contributed by atoms with E-state index in [0.29, 0.717) is 0 Å². The van der Waals surface area contributed by atoms with Crippen molar-refractivity contribution >= 4 is 0 Å². The summed E-state index contributed by atoms with van der Waals surface area (Å²) in [7, 11) is 0. The number of hydrogen-bond acceptors (Lipinski definition) is 0. The Morgan fingerprint density at radius 2 is 0.432 bits per heavy atom. The first-order valence-electron chi connectivity index (χ1n) is 13.7. The van der Waals surface area contributed by atoms with Gasteiger partial charge in [0, 0.05) is 0 Å². The van der Waals surface area contributed by atoms with Crippen molar-refractivity contribution in [3.63, 3.8) is 0 Å². The second-order valence-corrected chi connectivity index (χ2v) is 9.61. The smallest absolute Gasteiger partial charge is 0.0411 e. The lowest BCUT2D eigenvalue weighted by atomic mass is 9.70. The van der Waals surface area contributed by atoms with Crippen molar-refractivity contribution in [1.82, 2.24) is 0 Å². The Bertz CT molecular complexity index is 264. The molecule has 242 valence electrons. The lowest BCUT2D eigenvalue weighted by molar-refractivity contribution is 0.168. The van der Waals surface area contributed by atoms with Crippen molar-refractivity contribution < 1.29 is 0 Å². The molecular weight excluding hydrogens is 444 g/mol. The largest absolute Gasteiger partial charge is 0.0776 e.